The van der Waals surface area contributed by atoms with Crippen molar-refractivity contribution in [1.82, 2.24) is 14.7 Å². The minimum absolute atomic E-state index is 0.191. The monoisotopic (exact) mass is 327 g/mol. The highest BCUT2D eigenvalue weighted by molar-refractivity contribution is 5.77. The zero-order valence-electron chi connectivity index (χ0n) is 14.2. The van der Waals surface area contributed by atoms with Gasteiger partial charge in [-0.05, 0) is 24.8 Å². The van der Waals surface area contributed by atoms with Gasteiger partial charge in [0.15, 0.2) is 0 Å². The van der Waals surface area contributed by atoms with Crippen molar-refractivity contribution in [1.29, 1.82) is 0 Å². The number of hydrogen-bond donors (Lipinski definition) is 0. The number of rotatable bonds is 7. The summed E-state index contributed by atoms with van der Waals surface area (Å²) in [5.74, 6) is 0.227. The number of nitrogens with zero attached hydrogens (tertiary/aromatic N) is 3. The molecule has 0 N–H and O–H groups in total. The molecular formula is C19H25N3O2. The largest absolute Gasteiger partial charge is 0.377 e. The second kappa shape index (κ2) is 8.11. The lowest BCUT2D eigenvalue weighted by Gasteiger charge is -2.24. The molecule has 1 saturated heterocycles. The lowest BCUT2D eigenvalue weighted by Crippen LogP contribution is -2.30. The van der Waals surface area contributed by atoms with Crippen LogP contribution in [0.5, 0.6) is 0 Å². The summed E-state index contributed by atoms with van der Waals surface area (Å²) in [4.78, 5) is 14.5. The molecule has 128 valence electrons. The fraction of sp³-hybridized carbons (Fsp3) is 0.474. The van der Waals surface area contributed by atoms with Crippen LogP contribution in [0.25, 0.3) is 0 Å². The van der Waals surface area contributed by atoms with E-state index >= 15 is 0 Å². The van der Waals surface area contributed by atoms with Crippen molar-refractivity contribution in [3.63, 3.8) is 0 Å². The Morgan fingerprint density at radius 3 is 2.92 bits per heavy atom. The second-order valence-electron chi connectivity index (χ2n) is 6.33. The molecule has 1 aromatic heterocycles. The Morgan fingerprint density at radius 2 is 2.17 bits per heavy atom. The Bertz CT molecular complexity index is 654. The van der Waals surface area contributed by atoms with Gasteiger partial charge in [0, 0.05) is 38.4 Å². The third-order valence-electron chi connectivity index (χ3n) is 4.47. The van der Waals surface area contributed by atoms with E-state index < -0.39 is 0 Å². The number of carbonyl (C=O) groups is 1. The van der Waals surface area contributed by atoms with E-state index in [1.165, 1.54) is 5.56 Å². The molecule has 1 fully saturated rings. The molecule has 0 bridgehead atoms. The van der Waals surface area contributed by atoms with Crippen LogP contribution in [0.3, 0.4) is 0 Å². The van der Waals surface area contributed by atoms with Crippen molar-refractivity contribution >= 4 is 5.91 Å². The average Bonchev–Trinajstić information content (AvgIpc) is 3.24. The number of carbonyl (C=O) groups excluding carboxylic acids is 1. The molecule has 0 saturated carbocycles. The quantitative estimate of drug-likeness (QED) is 0.734. The van der Waals surface area contributed by atoms with E-state index in [0.717, 1.165) is 31.4 Å². The molecular weight excluding hydrogens is 302 g/mol. The van der Waals surface area contributed by atoms with Crippen molar-refractivity contribution < 1.29 is 9.53 Å². The van der Waals surface area contributed by atoms with Crippen LogP contribution in [-0.4, -0.2) is 33.7 Å². The first kappa shape index (κ1) is 16.7. The van der Waals surface area contributed by atoms with Gasteiger partial charge in [-0.3, -0.25) is 9.48 Å². The van der Waals surface area contributed by atoms with E-state index in [1.54, 1.807) is 4.68 Å². The lowest BCUT2D eigenvalue weighted by atomic mass is 10.1. The Morgan fingerprint density at radius 1 is 1.33 bits per heavy atom. The Labute approximate surface area is 143 Å². The summed E-state index contributed by atoms with van der Waals surface area (Å²) >= 11 is 0. The van der Waals surface area contributed by atoms with Crippen molar-refractivity contribution in [2.45, 2.75) is 38.3 Å². The average molecular weight is 327 g/mol. The minimum Gasteiger partial charge on any atom is -0.377 e. The highest BCUT2D eigenvalue weighted by Gasteiger charge is 2.30. The van der Waals surface area contributed by atoms with Crippen molar-refractivity contribution in [3.05, 3.63) is 53.9 Å². The molecule has 1 amide bonds. The number of hydrogen-bond acceptors (Lipinski definition) is 3. The molecule has 3 rings (SSSR count). The lowest BCUT2D eigenvalue weighted by molar-refractivity contribution is -0.132. The maximum atomic E-state index is 12.5. The first-order chi connectivity index (χ1) is 11.7. The van der Waals surface area contributed by atoms with Crippen LogP contribution >= 0.6 is 0 Å². The third-order valence-corrected chi connectivity index (χ3v) is 4.47. The van der Waals surface area contributed by atoms with E-state index in [0.29, 0.717) is 19.6 Å². The van der Waals surface area contributed by atoms with Gasteiger partial charge in [-0.25, -0.2) is 0 Å². The summed E-state index contributed by atoms with van der Waals surface area (Å²) in [5.41, 5.74) is 2.31. The smallest absolute Gasteiger partial charge is 0.223 e. The summed E-state index contributed by atoms with van der Waals surface area (Å²) < 4.78 is 7.46. The minimum atomic E-state index is 0.191. The predicted molar refractivity (Wildman–Crippen MR) is 92.2 cm³/mol. The first-order valence-electron chi connectivity index (χ1n) is 8.64. The summed E-state index contributed by atoms with van der Waals surface area (Å²) in [5, 5.41) is 4.23. The normalized spacial score (nSPS) is 17.4. The van der Waals surface area contributed by atoms with E-state index in [2.05, 4.69) is 5.10 Å². The maximum Gasteiger partial charge on any atom is 0.223 e. The van der Waals surface area contributed by atoms with Crippen LogP contribution in [0.1, 0.15) is 42.9 Å². The number of aryl methyl sites for hydroxylation is 1. The van der Waals surface area contributed by atoms with E-state index in [4.69, 9.17) is 4.74 Å². The van der Waals surface area contributed by atoms with Gasteiger partial charge in [0.1, 0.15) is 0 Å². The summed E-state index contributed by atoms with van der Waals surface area (Å²) in [6, 6.07) is 10.3. The van der Waals surface area contributed by atoms with Crippen molar-refractivity contribution in [3.8, 4) is 0 Å². The van der Waals surface area contributed by atoms with E-state index in [-0.39, 0.29) is 11.9 Å². The third kappa shape index (κ3) is 4.23. The fourth-order valence-corrected chi connectivity index (χ4v) is 3.26. The summed E-state index contributed by atoms with van der Waals surface area (Å²) in [6.45, 7) is 2.08. The van der Waals surface area contributed by atoms with Gasteiger partial charge in [-0.2, -0.15) is 5.10 Å². The van der Waals surface area contributed by atoms with Crippen LogP contribution in [-0.2, 0) is 23.2 Å². The maximum absolute atomic E-state index is 12.5. The van der Waals surface area contributed by atoms with Crippen molar-refractivity contribution in [2.24, 2.45) is 7.05 Å². The molecule has 0 unspecified atom stereocenters. The number of likely N-dealkylation sites (tertiary alicyclic amines) is 1. The number of ether oxygens (including phenoxy) is 1. The molecule has 1 aliphatic heterocycles. The van der Waals surface area contributed by atoms with Crippen LogP contribution in [0.15, 0.2) is 42.7 Å². The number of aromatic nitrogens is 2. The highest BCUT2D eigenvalue weighted by Crippen LogP contribution is 2.32. The Hall–Kier alpha value is -2.14. The molecule has 0 spiro atoms. The topological polar surface area (TPSA) is 47.4 Å². The molecule has 1 aromatic carbocycles. The SMILES string of the molecule is Cn1cc([C@H]2CCCN2C(=O)CCCOCc2ccccc2)cn1. The number of benzene rings is 1. The van der Waals surface area contributed by atoms with Gasteiger partial charge < -0.3 is 9.64 Å². The summed E-state index contributed by atoms with van der Waals surface area (Å²) in [6.07, 6.45) is 7.30. The predicted octanol–water partition coefficient (Wildman–Crippen LogP) is 3.08. The Balaban J connectivity index is 1.41. The zero-order valence-corrected chi connectivity index (χ0v) is 14.2. The van der Waals surface area contributed by atoms with Crippen LogP contribution < -0.4 is 0 Å². The van der Waals surface area contributed by atoms with Gasteiger partial charge >= 0.3 is 0 Å². The van der Waals surface area contributed by atoms with Crippen molar-refractivity contribution in [2.75, 3.05) is 13.2 Å². The van der Waals surface area contributed by atoms with Gasteiger partial charge in [-0.15, -0.1) is 0 Å². The van der Waals surface area contributed by atoms with Crippen LogP contribution in [0, 0.1) is 0 Å². The molecule has 1 atom stereocenters. The highest BCUT2D eigenvalue weighted by atomic mass is 16.5. The Kier molecular flexibility index (Phi) is 5.64. The van der Waals surface area contributed by atoms with Crippen LogP contribution in [0.2, 0.25) is 0 Å². The van der Waals surface area contributed by atoms with Gasteiger partial charge in [0.25, 0.3) is 0 Å². The molecule has 5 heteroatoms. The fourth-order valence-electron chi connectivity index (χ4n) is 3.26. The van der Waals surface area contributed by atoms with Gasteiger partial charge in [0.05, 0.1) is 18.8 Å². The molecule has 2 aromatic rings. The molecule has 2 heterocycles. The molecule has 24 heavy (non-hydrogen) atoms. The first-order valence-corrected chi connectivity index (χ1v) is 8.64. The molecule has 1 aliphatic rings. The van der Waals surface area contributed by atoms with E-state index in [9.17, 15) is 4.79 Å². The van der Waals surface area contributed by atoms with E-state index in [1.807, 2.05) is 54.7 Å². The van der Waals surface area contributed by atoms with Gasteiger partial charge in [-0.1, -0.05) is 30.3 Å². The van der Waals surface area contributed by atoms with Crippen LogP contribution in [0.4, 0.5) is 0 Å². The van der Waals surface area contributed by atoms with Gasteiger partial charge in [0.2, 0.25) is 5.91 Å². The number of amides is 1. The standard InChI is InChI=1S/C19H25N3O2/c1-21-14-17(13-20-21)18-9-5-11-22(18)19(23)10-6-12-24-15-16-7-3-2-4-8-16/h2-4,7-8,13-14,18H,5-6,9-12,15H2,1H3/t18-/m1/s1. The molecule has 5 nitrogen and oxygen atoms in total. The zero-order chi connectivity index (χ0) is 16.8. The molecule has 0 radical (unpaired) electrons. The summed E-state index contributed by atoms with van der Waals surface area (Å²) in [7, 11) is 1.91. The second-order valence-corrected chi connectivity index (χ2v) is 6.33. The molecule has 0 aliphatic carbocycles.